The van der Waals surface area contributed by atoms with Crippen LogP contribution >= 0.6 is 0 Å². The number of hydrogen-bond acceptors (Lipinski definition) is 4. The average molecular weight is 393 g/mol. The number of aromatic amines is 1. The van der Waals surface area contributed by atoms with E-state index >= 15 is 0 Å². The molecular formula is C22H23N3O4. The first-order chi connectivity index (χ1) is 14.1. The standard InChI is InChI=1S/C22H23N3O4/c26-14-19(27)25-11-8-18-17(13-25)12-23-21(28)20(18)22(29)24-9-6-16(7-10-24)15-4-2-1-3-5-15/h1-6,12,26H,7-11,13-14H2,(H,23,28). The lowest BCUT2D eigenvalue weighted by atomic mass is 9.95. The fourth-order valence-corrected chi connectivity index (χ4v) is 4.03. The quantitative estimate of drug-likeness (QED) is 0.819. The summed E-state index contributed by atoms with van der Waals surface area (Å²) in [7, 11) is 0. The van der Waals surface area contributed by atoms with E-state index in [1.54, 1.807) is 11.1 Å². The maximum atomic E-state index is 13.2. The Balaban J connectivity index is 1.57. The molecule has 0 saturated heterocycles. The number of carbonyl (C=O) groups is 2. The van der Waals surface area contributed by atoms with Gasteiger partial charge < -0.3 is 19.9 Å². The van der Waals surface area contributed by atoms with Crippen molar-refractivity contribution in [3.05, 3.63) is 75.2 Å². The number of carbonyl (C=O) groups excluding carboxylic acids is 2. The molecule has 7 heteroatoms. The number of rotatable bonds is 3. The molecule has 2 aliphatic heterocycles. The minimum atomic E-state index is -0.547. The number of fused-ring (bicyclic) bond motifs is 1. The van der Waals surface area contributed by atoms with E-state index in [1.807, 2.05) is 24.3 Å². The third-order valence-corrected chi connectivity index (χ3v) is 5.63. The van der Waals surface area contributed by atoms with E-state index in [2.05, 4.69) is 17.1 Å². The Morgan fingerprint density at radius 3 is 2.52 bits per heavy atom. The Morgan fingerprint density at radius 1 is 1.07 bits per heavy atom. The van der Waals surface area contributed by atoms with Crippen LogP contribution in [0.3, 0.4) is 0 Å². The van der Waals surface area contributed by atoms with E-state index in [0.29, 0.717) is 31.6 Å². The second kappa shape index (κ2) is 8.05. The molecule has 0 spiro atoms. The van der Waals surface area contributed by atoms with Gasteiger partial charge in [0.05, 0.1) is 0 Å². The van der Waals surface area contributed by atoms with Crippen LogP contribution in [0.2, 0.25) is 0 Å². The van der Waals surface area contributed by atoms with Crippen molar-refractivity contribution in [1.29, 1.82) is 0 Å². The number of aliphatic hydroxyl groups excluding tert-OH is 1. The van der Waals surface area contributed by atoms with E-state index in [-0.39, 0.29) is 23.9 Å². The maximum absolute atomic E-state index is 13.2. The molecule has 29 heavy (non-hydrogen) atoms. The van der Waals surface area contributed by atoms with E-state index in [4.69, 9.17) is 5.11 Å². The van der Waals surface area contributed by atoms with Crippen LogP contribution in [0.25, 0.3) is 5.57 Å². The third kappa shape index (κ3) is 3.73. The highest BCUT2D eigenvalue weighted by Crippen LogP contribution is 2.25. The first-order valence-electron chi connectivity index (χ1n) is 9.74. The lowest BCUT2D eigenvalue weighted by Crippen LogP contribution is -2.42. The molecular weight excluding hydrogens is 370 g/mol. The third-order valence-electron chi connectivity index (χ3n) is 5.63. The zero-order valence-electron chi connectivity index (χ0n) is 16.1. The summed E-state index contributed by atoms with van der Waals surface area (Å²) in [6.07, 6.45) is 4.77. The van der Waals surface area contributed by atoms with Crippen LogP contribution in [0.15, 0.2) is 47.4 Å². The Hall–Kier alpha value is -3.19. The second-order valence-electron chi connectivity index (χ2n) is 7.32. The van der Waals surface area contributed by atoms with E-state index in [9.17, 15) is 14.4 Å². The van der Waals surface area contributed by atoms with Crippen LogP contribution in [0, 0.1) is 0 Å². The van der Waals surface area contributed by atoms with Gasteiger partial charge >= 0.3 is 0 Å². The molecule has 1 aromatic heterocycles. The number of pyridine rings is 1. The summed E-state index contributed by atoms with van der Waals surface area (Å²) < 4.78 is 0. The van der Waals surface area contributed by atoms with E-state index in [0.717, 1.165) is 17.5 Å². The number of aliphatic hydroxyl groups is 1. The number of amides is 2. The summed E-state index contributed by atoms with van der Waals surface area (Å²) >= 11 is 0. The van der Waals surface area contributed by atoms with Gasteiger partial charge in [-0.05, 0) is 35.1 Å². The number of nitrogens with one attached hydrogen (secondary N) is 1. The molecule has 1 aromatic carbocycles. The number of hydrogen-bond donors (Lipinski definition) is 2. The summed E-state index contributed by atoms with van der Waals surface area (Å²) in [5.41, 5.74) is 3.60. The van der Waals surface area contributed by atoms with Gasteiger partial charge in [0.2, 0.25) is 5.91 Å². The first kappa shape index (κ1) is 19.1. The minimum Gasteiger partial charge on any atom is -0.387 e. The van der Waals surface area contributed by atoms with Crippen molar-refractivity contribution in [3.8, 4) is 0 Å². The predicted octanol–water partition coefficient (Wildman–Crippen LogP) is 1.18. The SMILES string of the molecule is O=C(CO)N1CCc2c(c[nH]c(=O)c2C(=O)N2CC=C(c3ccccc3)CC2)C1. The summed E-state index contributed by atoms with van der Waals surface area (Å²) in [5.74, 6) is -0.627. The Morgan fingerprint density at radius 2 is 1.83 bits per heavy atom. The van der Waals surface area contributed by atoms with Gasteiger partial charge in [0.15, 0.2) is 0 Å². The fourth-order valence-electron chi connectivity index (χ4n) is 4.03. The van der Waals surface area contributed by atoms with Gasteiger partial charge in [-0.15, -0.1) is 0 Å². The second-order valence-corrected chi connectivity index (χ2v) is 7.32. The molecule has 2 aliphatic rings. The van der Waals surface area contributed by atoms with Crippen molar-refractivity contribution in [3.63, 3.8) is 0 Å². The highest BCUT2D eigenvalue weighted by atomic mass is 16.3. The molecule has 0 aliphatic carbocycles. The number of benzene rings is 1. The Bertz CT molecular complexity index is 1030. The summed E-state index contributed by atoms with van der Waals surface area (Å²) in [5, 5.41) is 9.08. The zero-order chi connectivity index (χ0) is 20.4. The number of aromatic nitrogens is 1. The predicted molar refractivity (Wildman–Crippen MR) is 108 cm³/mol. The van der Waals surface area contributed by atoms with Crippen molar-refractivity contribution < 1.29 is 14.7 Å². The largest absolute Gasteiger partial charge is 0.387 e. The molecule has 2 amide bonds. The van der Waals surface area contributed by atoms with Gasteiger partial charge in [-0.2, -0.15) is 0 Å². The topological polar surface area (TPSA) is 93.7 Å². The van der Waals surface area contributed by atoms with E-state index < -0.39 is 12.2 Å². The van der Waals surface area contributed by atoms with Crippen molar-refractivity contribution in [2.45, 2.75) is 19.4 Å². The molecule has 7 nitrogen and oxygen atoms in total. The van der Waals surface area contributed by atoms with Crippen LogP contribution < -0.4 is 5.56 Å². The van der Waals surface area contributed by atoms with Gasteiger partial charge in [0.1, 0.15) is 12.2 Å². The molecule has 3 heterocycles. The van der Waals surface area contributed by atoms with Crippen LogP contribution in [0.4, 0.5) is 0 Å². The molecule has 0 unspecified atom stereocenters. The summed E-state index contributed by atoms with van der Waals surface area (Å²) in [6.45, 7) is 1.13. The lowest BCUT2D eigenvalue weighted by Gasteiger charge is -2.31. The molecule has 4 rings (SSSR count). The normalized spacial score (nSPS) is 16.2. The molecule has 150 valence electrons. The van der Waals surface area contributed by atoms with E-state index in [1.165, 1.54) is 10.5 Å². The van der Waals surface area contributed by atoms with Crippen molar-refractivity contribution >= 4 is 17.4 Å². The highest BCUT2D eigenvalue weighted by molar-refractivity contribution is 5.96. The van der Waals surface area contributed by atoms with Crippen molar-refractivity contribution in [1.82, 2.24) is 14.8 Å². The Labute approximate surface area is 168 Å². The van der Waals surface area contributed by atoms with Crippen LogP contribution in [-0.4, -0.2) is 57.9 Å². The lowest BCUT2D eigenvalue weighted by molar-refractivity contribution is -0.135. The van der Waals surface area contributed by atoms with Gasteiger partial charge in [0, 0.05) is 32.4 Å². The molecule has 0 atom stereocenters. The van der Waals surface area contributed by atoms with Crippen LogP contribution in [0.5, 0.6) is 0 Å². The average Bonchev–Trinajstić information content (AvgIpc) is 2.78. The molecule has 2 N–H and O–H groups in total. The van der Waals surface area contributed by atoms with Gasteiger partial charge in [-0.1, -0.05) is 36.4 Å². The van der Waals surface area contributed by atoms with Gasteiger partial charge in [-0.25, -0.2) is 0 Å². The number of nitrogens with zero attached hydrogens (tertiary/aromatic N) is 2. The molecule has 0 fully saturated rings. The molecule has 0 saturated carbocycles. The molecule has 2 aromatic rings. The number of H-pyrrole nitrogens is 1. The van der Waals surface area contributed by atoms with Crippen molar-refractivity contribution in [2.24, 2.45) is 0 Å². The summed E-state index contributed by atoms with van der Waals surface area (Å²) in [4.78, 5) is 43.3. The van der Waals surface area contributed by atoms with Gasteiger partial charge in [-0.3, -0.25) is 14.4 Å². The monoisotopic (exact) mass is 393 g/mol. The minimum absolute atomic E-state index is 0.176. The zero-order valence-corrected chi connectivity index (χ0v) is 16.1. The fraction of sp³-hybridized carbons (Fsp3) is 0.318. The highest BCUT2D eigenvalue weighted by Gasteiger charge is 2.29. The van der Waals surface area contributed by atoms with Crippen molar-refractivity contribution in [2.75, 3.05) is 26.2 Å². The molecule has 0 radical (unpaired) electrons. The summed E-state index contributed by atoms with van der Waals surface area (Å²) in [6, 6.07) is 10.1. The first-order valence-corrected chi connectivity index (χ1v) is 9.74. The maximum Gasteiger partial charge on any atom is 0.261 e. The smallest absolute Gasteiger partial charge is 0.261 e. The van der Waals surface area contributed by atoms with Crippen LogP contribution in [-0.2, 0) is 17.8 Å². The Kier molecular flexibility index (Phi) is 5.31. The van der Waals surface area contributed by atoms with Gasteiger partial charge in [0.25, 0.3) is 11.5 Å². The van der Waals surface area contributed by atoms with Crippen LogP contribution in [0.1, 0.15) is 33.5 Å². The molecule has 0 bridgehead atoms.